The normalized spacial score (nSPS) is 10.8. The molecule has 1 aromatic carbocycles. The Hall–Kier alpha value is -2.08. The highest BCUT2D eigenvalue weighted by molar-refractivity contribution is 6.82. The van der Waals surface area contributed by atoms with Crippen LogP contribution in [-0.4, -0.2) is 30.8 Å². The lowest BCUT2D eigenvalue weighted by Crippen LogP contribution is -2.13. The molecule has 0 aliphatic rings. The summed E-state index contributed by atoms with van der Waals surface area (Å²) in [6, 6.07) is 6.32. The highest BCUT2D eigenvalue weighted by Gasteiger charge is 2.09. The van der Waals surface area contributed by atoms with Crippen molar-refractivity contribution in [2.75, 3.05) is 19.1 Å². The van der Waals surface area contributed by atoms with E-state index in [4.69, 9.17) is 11.6 Å². The topological polar surface area (TPSA) is 77.0 Å². The van der Waals surface area contributed by atoms with Crippen LogP contribution in [0.1, 0.15) is 17.3 Å². The fourth-order valence-electron chi connectivity index (χ4n) is 1.15. The van der Waals surface area contributed by atoms with Crippen molar-refractivity contribution in [3.05, 3.63) is 29.8 Å². The van der Waals surface area contributed by atoms with E-state index in [-0.39, 0.29) is 11.8 Å². The maximum atomic E-state index is 11.2. The molecule has 7 heteroatoms. The van der Waals surface area contributed by atoms with E-state index in [1.165, 1.54) is 7.11 Å². The average molecular weight is 285 g/mol. The van der Waals surface area contributed by atoms with Crippen LogP contribution in [-0.2, 0) is 14.3 Å². The van der Waals surface area contributed by atoms with Gasteiger partial charge in [-0.05, 0) is 31.2 Å². The van der Waals surface area contributed by atoms with Gasteiger partial charge < -0.3 is 9.47 Å². The number of hydrogen-bond donors (Lipinski definition) is 1. The predicted octanol–water partition coefficient (Wildman–Crippen LogP) is 2.00. The van der Waals surface area contributed by atoms with Gasteiger partial charge in [0.2, 0.25) is 5.17 Å². The van der Waals surface area contributed by atoms with E-state index in [1.54, 1.807) is 31.2 Å². The third-order valence-electron chi connectivity index (χ3n) is 2.03. The Morgan fingerprint density at radius 3 is 2.47 bits per heavy atom. The second-order valence-electron chi connectivity index (χ2n) is 3.30. The molecule has 0 heterocycles. The summed E-state index contributed by atoms with van der Waals surface area (Å²) < 4.78 is 9.22. The number of esters is 2. The number of hydrazone groups is 1. The van der Waals surface area contributed by atoms with E-state index >= 15 is 0 Å². The number of carbonyl (C=O) groups excluding carboxylic acids is 2. The first-order valence-corrected chi connectivity index (χ1v) is 5.81. The molecule has 19 heavy (non-hydrogen) atoms. The molecule has 0 aliphatic carbocycles. The summed E-state index contributed by atoms with van der Waals surface area (Å²) in [6.07, 6.45) is 0. The number of carbonyl (C=O) groups is 2. The lowest BCUT2D eigenvalue weighted by atomic mass is 10.2. The summed E-state index contributed by atoms with van der Waals surface area (Å²) in [5.74, 6) is -1.14. The molecule has 0 aromatic heterocycles. The van der Waals surface area contributed by atoms with Crippen molar-refractivity contribution in [1.29, 1.82) is 0 Å². The summed E-state index contributed by atoms with van der Waals surface area (Å²) in [4.78, 5) is 22.4. The zero-order valence-corrected chi connectivity index (χ0v) is 11.2. The zero-order chi connectivity index (χ0) is 14.3. The lowest BCUT2D eigenvalue weighted by molar-refractivity contribution is -0.134. The fourth-order valence-corrected chi connectivity index (χ4v) is 1.25. The number of ether oxygens (including phenoxy) is 2. The molecule has 1 aromatic rings. The van der Waals surface area contributed by atoms with Gasteiger partial charge in [0.15, 0.2) is 0 Å². The number of methoxy groups -OCH3 is 1. The molecule has 0 saturated heterocycles. The summed E-state index contributed by atoms with van der Waals surface area (Å²) in [5.41, 5.74) is 3.55. The molecule has 0 amide bonds. The number of anilines is 1. The molecule has 0 saturated carbocycles. The second kappa shape index (κ2) is 7.38. The Morgan fingerprint density at radius 2 is 1.95 bits per heavy atom. The Kier molecular flexibility index (Phi) is 5.81. The summed E-state index contributed by atoms with van der Waals surface area (Å²) in [5, 5.41) is 3.34. The van der Waals surface area contributed by atoms with Crippen molar-refractivity contribution in [2.24, 2.45) is 5.10 Å². The van der Waals surface area contributed by atoms with Gasteiger partial charge in [-0.25, -0.2) is 9.59 Å². The van der Waals surface area contributed by atoms with E-state index in [2.05, 4.69) is 20.0 Å². The van der Waals surface area contributed by atoms with Gasteiger partial charge in [-0.3, -0.25) is 5.43 Å². The lowest BCUT2D eigenvalue weighted by Gasteiger charge is -2.03. The average Bonchev–Trinajstić information content (AvgIpc) is 2.44. The molecular formula is C12H13ClN2O4. The number of nitrogens with one attached hydrogen (secondary N) is 1. The van der Waals surface area contributed by atoms with Crippen molar-refractivity contribution in [3.63, 3.8) is 0 Å². The van der Waals surface area contributed by atoms with Crippen LogP contribution in [0, 0.1) is 0 Å². The number of benzene rings is 1. The number of halogens is 1. The minimum Gasteiger partial charge on any atom is -0.465 e. The Labute approximate surface area is 115 Å². The maximum absolute atomic E-state index is 11.2. The van der Waals surface area contributed by atoms with Crippen molar-refractivity contribution in [3.8, 4) is 0 Å². The molecule has 6 nitrogen and oxygen atoms in total. The molecular weight excluding hydrogens is 272 g/mol. The van der Waals surface area contributed by atoms with Crippen LogP contribution < -0.4 is 5.43 Å². The van der Waals surface area contributed by atoms with Gasteiger partial charge in [0.05, 0.1) is 25.0 Å². The summed E-state index contributed by atoms with van der Waals surface area (Å²) >= 11 is 5.60. The summed E-state index contributed by atoms with van der Waals surface area (Å²) in [7, 11) is 1.30. The Bertz CT molecular complexity index is 485. The SMILES string of the molecule is CCOC(=O)/C(Cl)=N\Nc1ccc(C(=O)OC)cc1. The van der Waals surface area contributed by atoms with Crippen LogP contribution in [0.25, 0.3) is 0 Å². The van der Waals surface area contributed by atoms with E-state index in [0.29, 0.717) is 11.3 Å². The molecule has 0 spiro atoms. The van der Waals surface area contributed by atoms with Crippen molar-refractivity contribution >= 4 is 34.4 Å². The first-order valence-electron chi connectivity index (χ1n) is 5.43. The van der Waals surface area contributed by atoms with Crippen molar-refractivity contribution in [1.82, 2.24) is 0 Å². The van der Waals surface area contributed by atoms with E-state index in [1.807, 2.05) is 0 Å². The van der Waals surface area contributed by atoms with E-state index in [0.717, 1.165) is 0 Å². The highest BCUT2D eigenvalue weighted by atomic mass is 35.5. The quantitative estimate of drug-likeness (QED) is 0.508. The molecule has 1 N–H and O–H groups in total. The van der Waals surface area contributed by atoms with Gasteiger partial charge in [0.25, 0.3) is 0 Å². The Morgan fingerprint density at radius 1 is 1.32 bits per heavy atom. The third-order valence-corrected chi connectivity index (χ3v) is 2.27. The van der Waals surface area contributed by atoms with Gasteiger partial charge in [0.1, 0.15) is 0 Å². The van der Waals surface area contributed by atoms with Gasteiger partial charge >= 0.3 is 11.9 Å². The monoisotopic (exact) mass is 284 g/mol. The molecule has 1 rings (SSSR count). The third kappa shape index (κ3) is 4.59. The van der Waals surface area contributed by atoms with Crippen LogP contribution in [0.5, 0.6) is 0 Å². The molecule has 102 valence electrons. The van der Waals surface area contributed by atoms with Gasteiger partial charge in [-0.2, -0.15) is 5.10 Å². The van der Waals surface area contributed by atoms with Crippen molar-refractivity contribution in [2.45, 2.75) is 6.92 Å². The minimum atomic E-state index is -0.706. The van der Waals surface area contributed by atoms with Gasteiger partial charge in [-0.15, -0.1) is 0 Å². The van der Waals surface area contributed by atoms with E-state index in [9.17, 15) is 9.59 Å². The van der Waals surface area contributed by atoms with Gasteiger partial charge in [0, 0.05) is 0 Å². The largest absolute Gasteiger partial charge is 0.465 e. The predicted molar refractivity (Wildman–Crippen MR) is 71.3 cm³/mol. The first kappa shape index (κ1) is 15.0. The summed E-state index contributed by atoms with van der Waals surface area (Å²) in [6.45, 7) is 1.89. The van der Waals surface area contributed by atoms with Crippen LogP contribution >= 0.6 is 11.6 Å². The number of hydrogen-bond acceptors (Lipinski definition) is 6. The Balaban J connectivity index is 2.66. The maximum Gasteiger partial charge on any atom is 0.370 e. The van der Waals surface area contributed by atoms with Crippen LogP contribution in [0.15, 0.2) is 29.4 Å². The van der Waals surface area contributed by atoms with Gasteiger partial charge in [-0.1, -0.05) is 11.6 Å². The fraction of sp³-hybridized carbons (Fsp3) is 0.250. The molecule has 0 fully saturated rings. The number of nitrogens with zero attached hydrogens (tertiary/aromatic N) is 1. The zero-order valence-electron chi connectivity index (χ0n) is 10.5. The molecule has 0 bridgehead atoms. The van der Waals surface area contributed by atoms with Crippen LogP contribution in [0.4, 0.5) is 5.69 Å². The second-order valence-corrected chi connectivity index (χ2v) is 3.66. The molecule has 0 radical (unpaired) electrons. The van der Waals surface area contributed by atoms with Crippen LogP contribution in [0.2, 0.25) is 0 Å². The first-order chi connectivity index (χ1) is 9.08. The molecule has 0 aliphatic heterocycles. The molecule has 0 unspecified atom stereocenters. The smallest absolute Gasteiger partial charge is 0.370 e. The van der Waals surface area contributed by atoms with E-state index < -0.39 is 11.9 Å². The highest BCUT2D eigenvalue weighted by Crippen LogP contribution is 2.10. The van der Waals surface area contributed by atoms with Crippen molar-refractivity contribution < 1.29 is 19.1 Å². The van der Waals surface area contributed by atoms with Crippen LogP contribution in [0.3, 0.4) is 0 Å². The number of rotatable bonds is 5. The molecule has 0 atom stereocenters. The minimum absolute atomic E-state index is 0.221. The standard InChI is InChI=1S/C12H13ClN2O4/c1-3-19-12(17)10(13)15-14-9-6-4-8(5-7-9)11(16)18-2/h4-7,14H,3H2,1-2H3/b15-10+.